The Morgan fingerprint density at radius 2 is 1.89 bits per heavy atom. The minimum Gasteiger partial charge on any atom is -0.385 e. The van der Waals surface area contributed by atoms with Crippen molar-refractivity contribution in [3.63, 3.8) is 0 Å². The number of benzene rings is 1. The summed E-state index contributed by atoms with van der Waals surface area (Å²) in [4.78, 5) is 0. The Morgan fingerprint density at radius 3 is 2.39 bits per heavy atom. The third kappa shape index (κ3) is 4.07. The van der Waals surface area contributed by atoms with Crippen LogP contribution in [-0.4, -0.2) is 6.54 Å². The van der Waals surface area contributed by atoms with Gasteiger partial charge in [0, 0.05) is 12.2 Å². The Kier molecular flexibility index (Phi) is 5.22. The van der Waals surface area contributed by atoms with Gasteiger partial charge in [-0.1, -0.05) is 32.4 Å². The molecule has 1 unspecified atom stereocenters. The summed E-state index contributed by atoms with van der Waals surface area (Å²) in [5.41, 5.74) is 1.79. The van der Waals surface area contributed by atoms with Gasteiger partial charge < -0.3 is 5.32 Å². The molecule has 0 amide bonds. The lowest BCUT2D eigenvalue weighted by Gasteiger charge is -2.17. The lowest BCUT2D eigenvalue weighted by molar-refractivity contribution is 0.551. The molecule has 2 nitrogen and oxygen atoms in total. The first-order chi connectivity index (χ1) is 8.49. The maximum atomic E-state index is 9.09. The maximum Gasteiger partial charge on any atom is 0.0766 e. The molecular formula is C16H24N2. The average Bonchev–Trinajstić information content (AvgIpc) is 2.37. The zero-order valence-electron chi connectivity index (χ0n) is 12.0. The van der Waals surface area contributed by atoms with Gasteiger partial charge in [-0.3, -0.25) is 0 Å². The third-order valence-corrected chi connectivity index (χ3v) is 3.32. The fraction of sp³-hybridized carbons (Fsp3) is 0.562. The van der Waals surface area contributed by atoms with Gasteiger partial charge in [-0.25, -0.2) is 0 Å². The van der Waals surface area contributed by atoms with Crippen LogP contribution in [-0.2, 0) is 5.41 Å². The number of hydrogen-bond acceptors (Lipinski definition) is 2. The Bertz CT molecular complexity index is 398. The smallest absolute Gasteiger partial charge is 0.0766 e. The van der Waals surface area contributed by atoms with E-state index in [2.05, 4.69) is 37.4 Å². The van der Waals surface area contributed by atoms with Crippen molar-refractivity contribution in [2.75, 3.05) is 11.9 Å². The van der Waals surface area contributed by atoms with Gasteiger partial charge in [-0.15, -0.1) is 0 Å². The number of rotatable bonds is 6. The van der Waals surface area contributed by atoms with E-state index in [9.17, 15) is 0 Å². The number of anilines is 1. The van der Waals surface area contributed by atoms with Gasteiger partial charge in [0.15, 0.2) is 0 Å². The molecule has 0 aromatic heterocycles. The van der Waals surface area contributed by atoms with Crippen LogP contribution in [0.5, 0.6) is 0 Å². The molecule has 0 saturated heterocycles. The monoisotopic (exact) mass is 244 g/mol. The molecule has 0 aliphatic heterocycles. The molecule has 0 spiro atoms. The SMILES string of the molecule is CCCC(C)CNc1ccc(C(C)(C)C#N)cc1. The van der Waals surface area contributed by atoms with Gasteiger partial charge >= 0.3 is 0 Å². The summed E-state index contributed by atoms with van der Waals surface area (Å²) < 4.78 is 0. The quantitative estimate of drug-likeness (QED) is 0.808. The summed E-state index contributed by atoms with van der Waals surface area (Å²) in [6, 6.07) is 10.5. The highest BCUT2D eigenvalue weighted by atomic mass is 14.9. The summed E-state index contributed by atoms with van der Waals surface area (Å²) in [6.45, 7) is 9.38. The zero-order valence-corrected chi connectivity index (χ0v) is 12.0. The Balaban J connectivity index is 2.59. The molecule has 1 aromatic rings. The van der Waals surface area contributed by atoms with Crippen molar-refractivity contribution >= 4 is 5.69 Å². The normalized spacial score (nSPS) is 12.8. The Hall–Kier alpha value is -1.49. The van der Waals surface area contributed by atoms with Crippen molar-refractivity contribution in [3.8, 4) is 6.07 Å². The van der Waals surface area contributed by atoms with E-state index in [1.807, 2.05) is 26.0 Å². The molecular weight excluding hydrogens is 220 g/mol. The number of nitrogens with one attached hydrogen (secondary N) is 1. The standard InChI is InChI=1S/C16H24N2/c1-5-6-13(2)11-18-15-9-7-14(8-10-15)16(3,4)12-17/h7-10,13,18H,5-6,11H2,1-4H3. The van der Waals surface area contributed by atoms with E-state index in [0.29, 0.717) is 5.92 Å². The van der Waals surface area contributed by atoms with Gasteiger partial charge in [0.25, 0.3) is 0 Å². The van der Waals surface area contributed by atoms with E-state index in [1.54, 1.807) is 0 Å². The molecule has 1 atom stereocenters. The van der Waals surface area contributed by atoms with Crippen molar-refractivity contribution < 1.29 is 0 Å². The van der Waals surface area contributed by atoms with Crippen LogP contribution in [0.2, 0.25) is 0 Å². The summed E-state index contributed by atoms with van der Waals surface area (Å²) in [7, 11) is 0. The number of hydrogen-bond donors (Lipinski definition) is 1. The van der Waals surface area contributed by atoms with Crippen LogP contribution in [0.3, 0.4) is 0 Å². The van der Waals surface area contributed by atoms with Crippen molar-refractivity contribution in [3.05, 3.63) is 29.8 Å². The molecule has 0 heterocycles. The van der Waals surface area contributed by atoms with E-state index < -0.39 is 5.41 Å². The molecule has 0 aliphatic rings. The minimum atomic E-state index is -0.409. The third-order valence-electron chi connectivity index (χ3n) is 3.32. The van der Waals surface area contributed by atoms with Gasteiger partial charge in [0.05, 0.1) is 11.5 Å². The van der Waals surface area contributed by atoms with Crippen LogP contribution >= 0.6 is 0 Å². The number of nitriles is 1. The largest absolute Gasteiger partial charge is 0.385 e. The molecule has 0 fully saturated rings. The van der Waals surface area contributed by atoms with Gasteiger partial charge in [-0.05, 0) is 43.9 Å². The highest BCUT2D eigenvalue weighted by Crippen LogP contribution is 2.23. The highest BCUT2D eigenvalue weighted by Gasteiger charge is 2.18. The van der Waals surface area contributed by atoms with Crippen LogP contribution in [0.4, 0.5) is 5.69 Å². The van der Waals surface area contributed by atoms with E-state index >= 15 is 0 Å². The van der Waals surface area contributed by atoms with E-state index in [-0.39, 0.29) is 0 Å². The van der Waals surface area contributed by atoms with Crippen molar-refractivity contribution in [1.82, 2.24) is 0 Å². The minimum absolute atomic E-state index is 0.409. The number of nitrogens with zero attached hydrogens (tertiary/aromatic N) is 1. The van der Waals surface area contributed by atoms with Gasteiger partial charge in [0.2, 0.25) is 0 Å². The van der Waals surface area contributed by atoms with Crippen LogP contribution in [0.1, 0.15) is 46.1 Å². The maximum absolute atomic E-state index is 9.09. The topological polar surface area (TPSA) is 35.8 Å². The van der Waals surface area contributed by atoms with Crippen molar-refractivity contribution in [1.29, 1.82) is 5.26 Å². The van der Waals surface area contributed by atoms with E-state index in [4.69, 9.17) is 5.26 Å². The van der Waals surface area contributed by atoms with E-state index in [1.165, 1.54) is 12.8 Å². The van der Waals surface area contributed by atoms with E-state index in [0.717, 1.165) is 17.8 Å². The second kappa shape index (κ2) is 6.44. The highest BCUT2D eigenvalue weighted by molar-refractivity contribution is 5.46. The lowest BCUT2D eigenvalue weighted by atomic mass is 9.86. The van der Waals surface area contributed by atoms with Crippen LogP contribution in [0, 0.1) is 17.2 Å². The molecule has 1 N–H and O–H groups in total. The second-order valence-corrected chi connectivity index (χ2v) is 5.59. The van der Waals surface area contributed by atoms with Crippen LogP contribution < -0.4 is 5.32 Å². The average molecular weight is 244 g/mol. The first-order valence-electron chi connectivity index (χ1n) is 6.75. The summed E-state index contributed by atoms with van der Waals surface area (Å²) >= 11 is 0. The predicted molar refractivity (Wildman–Crippen MR) is 77.6 cm³/mol. The molecule has 1 aromatic carbocycles. The molecule has 2 heteroatoms. The lowest BCUT2D eigenvalue weighted by Crippen LogP contribution is -2.14. The van der Waals surface area contributed by atoms with Crippen molar-refractivity contribution in [2.45, 2.75) is 46.0 Å². The molecule has 0 bridgehead atoms. The molecule has 1 rings (SSSR count). The second-order valence-electron chi connectivity index (χ2n) is 5.59. The fourth-order valence-corrected chi connectivity index (χ4v) is 1.96. The van der Waals surface area contributed by atoms with Crippen LogP contribution in [0.15, 0.2) is 24.3 Å². The first kappa shape index (κ1) is 14.6. The summed E-state index contributed by atoms with van der Waals surface area (Å²) in [5, 5.41) is 12.5. The fourth-order valence-electron chi connectivity index (χ4n) is 1.96. The van der Waals surface area contributed by atoms with Crippen LogP contribution in [0.25, 0.3) is 0 Å². The summed E-state index contributed by atoms with van der Waals surface area (Å²) in [5.74, 6) is 0.699. The summed E-state index contributed by atoms with van der Waals surface area (Å²) in [6.07, 6.45) is 2.49. The molecule has 0 saturated carbocycles. The van der Waals surface area contributed by atoms with Gasteiger partial charge in [0.1, 0.15) is 0 Å². The van der Waals surface area contributed by atoms with Crippen molar-refractivity contribution in [2.24, 2.45) is 5.92 Å². The molecule has 98 valence electrons. The first-order valence-corrected chi connectivity index (χ1v) is 6.75. The predicted octanol–water partition coefficient (Wildman–Crippen LogP) is 4.34. The molecule has 18 heavy (non-hydrogen) atoms. The molecule has 0 aliphatic carbocycles. The van der Waals surface area contributed by atoms with Gasteiger partial charge in [-0.2, -0.15) is 5.26 Å². The Morgan fingerprint density at radius 1 is 1.28 bits per heavy atom. The zero-order chi connectivity index (χ0) is 13.6. The molecule has 0 radical (unpaired) electrons. The Labute approximate surface area is 111 Å².